The third kappa shape index (κ3) is 4.07. The van der Waals surface area contributed by atoms with Crippen LogP contribution in [0.15, 0.2) is 12.4 Å². The summed E-state index contributed by atoms with van der Waals surface area (Å²) in [6, 6.07) is 0. The van der Waals surface area contributed by atoms with Gasteiger partial charge in [-0.15, -0.1) is 0 Å². The zero-order chi connectivity index (χ0) is 18.1. The van der Waals surface area contributed by atoms with E-state index >= 15 is 0 Å². The Hall–Kier alpha value is -0.960. The first-order valence-corrected chi connectivity index (χ1v) is 10.9. The van der Waals surface area contributed by atoms with Crippen LogP contribution in [-0.2, 0) is 27.8 Å². The van der Waals surface area contributed by atoms with E-state index in [1.165, 1.54) is 11.8 Å². The maximum Gasteiger partial charge on any atom is 0.211 e. The first kappa shape index (κ1) is 18.8. The van der Waals surface area contributed by atoms with E-state index in [4.69, 9.17) is 4.74 Å². The van der Waals surface area contributed by atoms with E-state index < -0.39 is 10.0 Å². The van der Waals surface area contributed by atoms with E-state index in [-0.39, 0.29) is 11.3 Å². The second-order valence-electron chi connectivity index (χ2n) is 7.55. The topological polar surface area (TPSA) is 67.7 Å². The summed E-state index contributed by atoms with van der Waals surface area (Å²) in [5.41, 5.74) is 1.30. The number of methoxy groups -OCH3 is 1. The van der Waals surface area contributed by atoms with Crippen LogP contribution in [0.3, 0.4) is 0 Å². The average molecular weight is 371 g/mol. The summed E-state index contributed by atoms with van der Waals surface area (Å²) in [7, 11) is -1.43. The minimum Gasteiger partial charge on any atom is -0.384 e. The second-order valence-corrected chi connectivity index (χ2v) is 9.53. The highest BCUT2D eigenvalue weighted by molar-refractivity contribution is 7.88. The Kier molecular flexibility index (Phi) is 5.53. The number of ether oxygens (including phenoxy) is 1. The molecule has 0 amide bonds. The maximum absolute atomic E-state index is 12.0. The molecule has 0 N–H and O–H groups in total. The van der Waals surface area contributed by atoms with Crippen molar-refractivity contribution in [1.29, 1.82) is 0 Å². The van der Waals surface area contributed by atoms with E-state index in [2.05, 4.69) is 23.1 Å². The quantitative estimate of drug-likeness (QED) is 0.748. The molecule has 1 aromatic heterocycles. The molecular formula is C17H30N4O3S. The van der Waals surface area contributed by atoms with Crippen molar-refractivity contribution in [2.45, 2.75) is 32.9 Å². The van der Waals surface area contributed by atoms with Crippen molar-refractivity contribution in [1.82, 2.24) is 19.0 Å². The first-order chi connectivity index (χ1) is 11.9. The molecule has 0 radical (unpaired) electrons. The number of rotatable bonds is 6. The molecule has 8 heteroatoms. The summed E-state index contributed by atoms with van der Waals surface area (Å²) >= 11 is 0. The van der Waals surface area contributed by atoms with Crippen LogP contribution in [0.5, 0.6) is 0 Å². The molecule has 0 aromatic carbocycles. The molecule has 3 heterocycles. The molecule has 0 bridgehead atoms. The van der Waals surface area contributed by atoms with Crippen LogP contribution in [0, 0.1) is 11.3 Å². The Balaban J connectivity index is 1.64. The van der Waals surface area contributed by atoms with Crippen LogP contribution in [-0.4, -0.2) is 73.6 Å². The van der Waals surface area contributed by atoms with Gasteiger partial charge in [0.2, 0.25) is 10.0 Å². The number of hydrogen-bond donors (Lipinski definition) is 0. The lowest BCUT2D eigenvalue weighted by molar-refractivity contribution is 0.0357. The fraction of sp³-hybridized carbons (Fsp3) is 0.824. The highest BCUT2D eigenvalue weighted by Crippen LogP contribution is 2.45. The molecule has 142 valence electrons. The van der Waals surface area contributed by atoms with Crippen LogP contribution in [0.1, 0.15) is 25.3 Å². The molecule has 7 nitrogen and oxygen atoms in total. The molecule has 2 aliphatic heterocycles. The van der Waals surface area contributed by atoms with Crippen molar-refractivity contribution in [3.63, 3.8) is 0 Å². The molecule has 25 heavy (non-hydrogen) atoms. The maximum atomic E-state index is 12.0. The molecule has 1 aromatic rings. The molecule has 0 aliphatic carbocycles. The van der Waals surface area contributed by atoms with Gasteiger partial charge in [0, 0.05) is 51.0 Å². The molecule has 1 atom stereocenters. The third-order valence-electron chi connectivity index (χ3n) is 5.89. The summed E-state index contributed by atoms with van der Waals surface area (Å²) in [4.78, 5) is 2.45. The predicted molar refractivity (Wildman–Crippen MR) is 96.6 cm³/mol. The molecule has 3 rings (SSSR count). The molecule has 0 unspecified atom stereocenters. The van der Waals surface area contributed by atoms with Crippen LogP contribution < -0.4 is 0 Å². The number of hydrogen-bond acceptors (Lipinski definition) is 5. The van der Waals surface area contributed by atoms with Gasteiger partial charge < -0.3 is 4.74 Å². The number of aryl methyl sites for hydroxylation is 1. The van der Waals surface area contributed by atoms with Crippen molar-refractivity contribution >= 4 is 10.0 Å². The van der Waals surface area contributed by atoms with E-state index in [0.29, 0.717) is 19.7 Å². The van der Waals surface area contributed by atoms with Crippen molar-refractivity contribution in [3.05, 3.63) is 18.0 Å². The molecule has 0 saturated carbocycles. The van der Waals surface area contributed by atoms with Gasteiger partial charge in [0.15, 0.2) is 0 Å². The van der Waals surface area contributed by atoms with Gasteiger partial charge >= 0.3 is 0 Å². The minimum absolute atomic E-state index is 0.0587. The van der Waals surface area contributed by atoms with Gasteiger partial charge in [0.25, 0.3) is 0 Å². The summed E-state index contributed by atoms with van der Waals surface area (Å²) in [6.45, 7) is 7.76. The van der Waals surface area contributed by atoms with Crippen LogP contribution in [0.2, 0.25) is 0 Å². The van der Waals surface area contributed by atoms with Crippen molar-refractivity contribution < 1.29 is 13.2 Å². The number of likely N-dealkylation sites (tertiary alicyclic amines) is 1. The highest BCUT2D eigenvalue weighted by Gasteiger charge is 2.49. The van der Waals surface area contributed by atoms with Crippen molar-refractivity contribution in [2.24, 2.45) is 11.3 Å². The Labute approximate surface area is 151 Å². The van der Waals surface area contributed by atoms with Crippen molar-refractivity contribution in [3.8, 4) is 0 Å². The largest absolute Gasteiger partial charge is 0.384 e. The van der Waals surface area contributed by atoms with Gasteiger partial charge in [0.1, 0.15) is 0 Å². The van der Waals surface area contributed by atoms with Gasteiger partial charge in [-0.25, -0.2) is 12.7 Å². The molecule has 2 aliphatic rings. The van der Waals surface area contributed by atoms with Gasteiger partial charge in [-0.1, -0.05) is 0 Å². The fourth-order valence-electron chi connectivity index (χ4n) is 4.31. The van der Waals surface area contributed by atoms with E-state index in [9.17, 15) is 8.42 Å². The van der Waals surface area contributed by atoms with E-state index in [1.807, 2.05) is 10.9 Å². The lowest BCUT2D eigenvalue weighted by Crippen LogP contribution is -2.45. The van der Waals surface area contributed by atoms with Gasteiger partial charge in [-0.05, 0) is 38.3 Å². The van der Waals surface area contributed by atoms with Crippen LogP contribution in [0.25, 0.3) is 0 Å². The van der Waals surface area contributed by atoms with Gasteiger partial charge in [-0.3, -0.25) is 9.58 Å². The van der Waals surface area contributed by atoms with Crippen LogP contribution >= 0.6 is 0 Å². The lowest BCUT2D eigenvalue weighted by Gasteiger charge is -2.42. The van der Waals surface area contributed by atoms with Crippen molar-refractivity contribution in [2.75, 3.05) is 46.2 Å². The number of nitrogens with zero attached hydrogens (tertiary/aromatic N) is 4. The summed E-state index contributed by atoms with van der Waals surface area (Å²) in [6.07, 6.45) is 7.42. The molecule has 2 fully saturated rings. The highest BCUT2D eigenvalue weighted by atomic mass is 32.2. The third-order valence-corrected chi connectivity index (χ3v) is 7.10. The monoisotopic (exact) mass is 370 g/mol. The minimum atomic E-state index is -3.14. The Bertz CT molecular complexity index is 680. The van der Waals surface area contributed by atoms with Gasteiger partial charge in [-0.2, -0.15) is 5.10 Å². The predicted octanol–water partition coefficient (Wildman–Crippen LogP) is 1.02. The second kappa shape index (κ2) is 7.34. The summed E-state index contributed by atoms with van der Waals surface area (Å²) < 4.78 is 33.0. The standard InChI is InChI=1S/C17H30N4O3S/c1-4-20-11-15(9-18-20)10-19-7-5-17(6-8-19)14-21(25(3,22)23)12-16(17)13-24-2/h9,11,16H,4-8,10,12-14H2,1-3H3/t16-/m1/s1. The zero-order valence-corrected chi connectivity index (χ0v) is 16.3. The number of aromatic nitrogens is 2. The Morgan fingerprint density at radius 3 is 2.64 bits per heavy atom. The first-order valence-electron chi connectivity index (χ1n) is 9.04. The Morgan fingerprint density at radius 1 is 1.36 bits per heavy atom. The molecule has 2 saturated heterocycles. The fourth-order valence-corrected chi connectivity index (χ4v) is 5.25. The smallest absolute Gasteiger partial charge is 0.211 e. The zero-order valence-electron chi connectivity index (χ0n) is 15.5. The lowest BCUT2D eigenvalue weighted by atomic mass is 9.71. The van der Waals surface area contributed by atoms with Gasteiger partial charge in [0.05, 0.1) is 19.1 Å². The SMILES string of the molecule is CCn1cc(CN2CCC3(CC2)CN(S(C)(=O)=O)C[C@@H]3COC)cn1. The number of sulfonamides is 1. The summed E-state index contributed by atoms with van der Waals surface area (Å²) in [5, 5.41) is 4.34. The average Bonchev–Trinajstić information content (AvgIpc) is 3.15. The van der Waals surface area contributed by atoms with E-state index in [0.717, 1.165) is 39.0 Å². The molecular weight excluding hydrogens is 340 g/mol. The molecule has 1 spiro atoms. The Morgan fingerprint density at radius 2 is 2.08 bits per heavy atom. The normalized spacial score (nSPS) is 25.0. The van der Waals surface area contributed by atoms with Crippen LogP contribution in [0.4, 0.5) is 0 Å². The summed E-state index contributed by atoms with van der Waals surface area (Å²) in [5.74, 6) is 0.289. The van der Waals surface area contributed by atoms with E-state index in [1.54, 1.807) is 11.4 Å². The number of piperidine rings is 1.